The van der Waals surface area contributed by atoms with E-state index in [9.17, 15) is 4.39 Å². The van der Waals surface area contributed by atoms with E-state index in [4.69, 9.17) is 16.7 Å². The van der Waals surface area contributed by atoms with E-state index in [2.05, 4.69) is 5.32 Å². The highest BCUT2D eigenvalue weighted by Crippen LogP contribution is 2.22. The molecule has 4 heteroatoms. The Hall–Kier alpha value is -0.640. The number of rotatable bonds is 4. The first-order valence-electron chi connectivity index (χ1n) is 5.19. The van der Waals surface area contributed by atoms with E-state index in [1.54, 1.807) is 12.1 Å². The van der Waals surface area contributed by atoms with Gasteiger partial charge in [-0.1, -0.05) is 17.7 Å². The summed E-state index contributed by atoms with van der Waals surface area (Å²) in [6.07, 6.45) is 0. The van der Waals surface area contributed by atoms with Gasteiger partial charge in [0.15, 0.2) is 0 Å². The van der Waals surface area contributed by atoms with Crippen LogP contribution in [0.1, 0.15) is 32.4 Å². The molecule has 1 rings (SSSR count). The van der Waals surface area contributed by atoms with Crippen molar-refractivity contribution in [3.63, 3.8) is 0 Å². The molecule has 0 bridgehead atoms. The third kappa shape index (κ3) is 3.44. The highest BCUT2D eigenvalue weighted by atomic mass is 35.5. The van der Waals surface area contributed by atoms with Crippen molar-refractivity contribution < 1.29 is 9.50 Å². The molecule has 0 amide bonds. The van der Waals surface area contributed by atoms with Crippen LogP contribution in [0.3, 0.4) is 0 Å². The Morgan fingerprint density at radius 2 is 2.12 bits per heavy atom. The van der Waals surface area contributed by atoms with Crippen LogP contribution in [0.5, 0.6) is 0 Å². The van der Waals surface area contributed by atoms with E-state index in [0.717, 1.165) is 5.56 Å². The minimum Gasteiger partial charge on any atom is -0.394 e. The van der Waals surface area contributed by atoms with Gasteiger partial charge in [0.2, 0.25) is 0 Å². The number of aliphatic hydroxyl groups is 1. The molecule has 1 atom stereocenters. The van der Waals surface area contributed by atoms with E-state index in [1.807, 2.05) is 20.8 Å². The van der Waals surface area contributed by atoms with Crippen LogP contribution in [0.2, 0.25) is 5.02 Å². The highest BCUT2D eigenvalue weighted by Gasteiger charge is 2.19. The van der Waals surface area contributed by atoms with Crippen LogP contribution in [0.15, 0.2) is 18.2 Å². The van der Waals surface area contributed by atoms with E-state index in [-0.39, 0.29) is 23.2 Å². The van der Waals surface area contributed by atoms with Gasteiger partial charge < -0.3 is 10.4 Å². The molecule has 0 heterocycles. The molecular formula is C12H17ClFNO. The summed E-state index contributed by atoms with van der Waals surface area (Å²) in [5.74, 6) is -0.418. The number of nitrogens with one attached hydrogen (secondary N) is 1. The molecule has 0 aromatic heterocycles. The molecule has 90 valence electrons. The molecule has 1 aromatic carbocycles. The standard InChI is InChI=1S/C12H17ClFNO/c1-8(15-12(2,3)7-16)9-4-5-11(14)10(13)6-9/h4-6,8,15-16H,7H2,1-3H3. The maximum absolute atomic E-state index is 13.0. The zero-order chi connectivity index (χ0) is 12.3. The summed E-state index contributed by atoms with van der Waals surface area (Å²) in [5, 5.41) is 12.5. The number of hydrogen-bond acceptors (Lipinski definition) is 2. The van der Waals surface area contributed by atoms with Crippen molar-refractivity contribution in [1.82, 2.24) is 5.32 Å². The largest absolute Gasteiger partial charge is 0.394 e. The lowest BCUT2D eigenvalue weighted by molar-refractivity contribution is 0.178. The Labute approximate surface area is 100 Å². The summed E-state index contributed by atoms with van der Waals surface area (Å²) in [7, 11) is 0. The van der Waals surface area contributed by atoms with Gasteiger partial charge in [0.1, 0.15) is 5.82 Å². The molecule has 2 nitrogen and oxygen atoms in total. The van der Waals surface area contributed by atoms with Crippen molar-refractivity contribution in [1.29, 1.82) is 0 Å². The molecule has 2 N–H and O–H groups in total. The van der Waals surface area contributed by atoms with Crippen LogP contribution in [0.4, 0.5) is 4.39 Å². The summed E-state index contributed by atoms with van der Waals surface area (Å²) in [6.45, 7) is 5.77. The molecule has 0 saturated heterocycles. The topological polar surface area (TPSA) is 32.3 Å². The predicted octanol–water partition coefficient (Wildman–Crippen LogP) is 2.90. The van der Waals surface area contributed by atoms with Gasteiger partial charge in [0.25, 0.3) is 0 Å². The van der Waals surface area contributed by atoms with Crippen molar-refractivity contribution >= 4 is 11.6 Å². The highest BCUT2D eigenvalue weighted by molar-refractivity contribution is 6.30. The summed E-state index contributed by atoms with van der Waals surface area (Å²) in [4.78, 5) is 0. The monoisotopic (exact) mass is 245 g/mol. The van der Waals surface area contributed by atoms with Gasteiger partial charge in [-0.3, -0.25) is 0 Å². The van der Waals surface area contributed by atoms with E-state index < -0.39 is 5.82 Å². The average Bonchev–Trinajstić information content (AvgIpc) is 2.21. The first-order chi connectivity index (χ1) is 7.35. The van der Waals surface area contributed by atoms with Crippen molar-refractivity contribution in [3.05, 3.63) is 34.6 Å². The zero-order valence-corrected chi connectivity index (χ0v) is 10.5. The van der Waals surface area contributed by atoms with Gasteiger partial charge in [-0.25, -0.2) is 4.39 Å². The molecule has 0 aliphatic heterocycles. The minimum atomic E-state index is -0.418. The molecule has 0 aliphatic rings. The van der Waals surface area contributed by atoms with Gasteiger partial charge in [-0.15, -0.1) is 0 Å². The predicted molar refractivity (Wildman–Crippen MR) is 64.1 cm³/mol. The SMILES string of the molecule is CC(NC(C)(C)CO)c1ccc(F)c(Cl)c1. The molecule has 0 saturated carbocycles. The number of hydrogen-bond donors (Lipinski definition) is 2. The maximum Gasteiger partial charge on any atom is 0.141 e. The van der Waals surface area contributed by atoms with Gasteiger partial charge in [-0.05, 0) is 38.5 Å². The Bertz CT molecular complexity index is 368. The quantitative estimate of drug-likeness (QED) is 0.855. The molecule has 0 spiro atoms. The number of aliphatic hydroxyl groups excluding tert-OH is 1. The minimum absolute atomic E-state index is 0.000231. The van der Waals surface area contributed by atoms with Crippen LogP contribution < -0.4 is 5.32 Å². The fraction of sp³-hybridized carbons (Fsp3) is 0.500. The van der Waals surface area contributed by atoms with Crippen molar-refractivity contribution in [2.45, 2.75) is 32.4 Å². The molecular weight excluding hydrogens is 229 g/mol. The van der Waals surface area contributed by atoms with Crippen LogP contribution in [-0.4, -0.2) is 17.3 Å². The second kappa shape index (κ2) is 5.13. The van der Waals surface area contributed by atoms with Crippen molar-refractivity contribution in [2.24, 2.45) is 0 Å². The van der Waals surface area contributed by atoms with Crippen LogP contribution in [0, 0.1) is 5.82 Å². The van der Waals surface area contributed by atoms with Gasteiger partial charge >= 0.3 is 0 Å². The average molecular weight is 246 g/mol. The third-order valence-corrected chi connectivity index (χ3v) is 2.74. The van der Waals surface area contributed by atoms with Crippen LogP contribution >= 0.6 is 11.6 Å². The third-order valence-electron chi connectivity index (χ3n) is 2.45. The smallest absolute Gasteiger partial charge is 0.141 e. The van der Waals surface area contributed by atoms with Crippen molar-refractivity contribution in [3.8, 4) is 0 Å². The second-order valence-electron chi connectivity index (χ2n) is 4.58. The first-order valence-corrected chi connectivity index (χ1v) is 5.57. The fourth-order valence-electron chi connectivity index (χ4n) is 1.50. The van der Waals surface area contributed by atoms with Crippen LogP contribution in [-0.2, 0) is 0 Å². The molecule has 1 unspecified atom stereocenters. The van der Waals surface area contributed by atoms with Gasteiger partial charge in [-0.2, -0.15) is 0 Å². The Morgan fingerprint density at radius 1 is 1.50 bits per heavy atom. The van der Waals surface area contributed by atoms with Gasteiger partial charge in [0.05, 0.1) is 11.6 Å². The lowest BCUT2D eigenvalue weighted by Crippen LogP contribution is -2.43. The normalized spacial score (nSPS) is 13.9. The van der Waals surface area contributed by atoms with Crippen LogP contribution in [0.25, 0.3) is 0 Å². The van der Waals surface area contributed by atoms with Crippen molar-refractivity contribution in [2.75, 3.05) is 6.61 Å². The number of halogens is 2. The molecule has 16 heavy (non-hydrogen) atoms. The first kappa shape index (κ1) is 13.4. The Balaban J connectivity index is 2.81. The lowest BCUT2D eigenvalue weighted by Gasteiger charge is -2.28. The lowest BCUT2D eigenvalue weighted by atomic mass is 10.0. The van der Waals surface area contributed by atoms with Gasteiger partial charge in [0, 0.05) is 11.6 Å². The second-order valence-corrected chi connectivity index (χ2v) is 4.99. The zero-order valence-electron chi connectivity index (χ0n) is 9.72. The number of benzene rings is 1. The fourth-order valence-corrected chi connectivity index (χ4v) is 1.69. The molecule has 0 fully saturated rings. The van der Waals surface area contributed by atoms with E-state index in [0.29, 0.717) is 0 Å². The molecule has 1 aromatic rings. The molecule has 0 aliphatic carbocycles. The van der Waals surface area contributed by atoms with E-state index in [1.165, 1.54) is 6.07 Å². The summed E-state index contributed by atoms with van der Waals surface area (Å²) in [6, 6.07) is 4.64. The summed E-state index contributed by atoms with van der Waals surface area (Å²) < 4.78 is 13.0. The molecule has 0 radical (unpaired) electrons. The Kier molecular flexibility index (Phi) is 4.30. The summed E-state index contributed by atoms with van der Waals surface area (Å²) in [5.41, 5.74) is 0.522. The Morgan fingerprint density at radius 3 is 2.62 bits per heavy atom. The maximum atomic E-state index is 13.0. The van der Waals surface area contributed by atoms with E-state index >= 15 is 0 Å². The summed E-state index contributed by atoms with van der Waals surface area (Å²) >= 11 is 5.71.